The zero-order chi connectivity index (χ0) is 9.78. The van der Waals surface area contributed by atoms with Crippen LogP contribution in [0.2, 0.25) is 46.2 Å². The van der Waals surface area contributed by atoms with E-state index in [2.05, 4.69) is 27.7 Å². The Morgan fingerprint density at radius 2 is 0.867 bits per heavy atom. The van der Waals surface area contributed by atoms with Crippen molar-refractivity contribution in [1.29, 1.82) is 0 Å². The average Bonchev–Trinajstić information content (AvgIpc) is 3.09. The van der Waals surface area contributed by atoms with E-state index in [1.807, 2.05) is 0 Å². The van der Waals surface area contributed by atoms with Crippen molar-refractivity contribution in [3.63, 3.8) is 0 Å². The van der Waals surface area contributed by atoms with Gasteiger partial charge in [-0.2, -0.15) is 0 Å². The molecule has 15 heavy (non-hydrogen) atoms. The van der Waals surface area contributed by atoms with Crippen molar-refractivity contribution >= 4 is 0 Å². The van der Waals surface area contributed by atoms with Crippen LogP contribution in [0.1, 0.15) is 27.7 Å². The molecular formula is C14H18Fe. The molecule has 0 aliphatic carbocycles. The Morgan fingerprint density at radius 3 is 0.867 bits per heavy atom. The van der Waals surface area contributed by atoms with Gasteiger partial charge in [-0.3, -0.25) is 0 Å². The van der Waals surface area contributed by atoms with Crippen molar-refractivity contribution in [2.24, 2.45) is 0 Å². The molecule has 8 unspecified atom stereocenters. The van der Waals surface area contributed by atoms with Crippen LogP contribution in [-0.4, -0.2) is 0 Å². The normalized spacial score (nSPS) is 149. The third kappa shape index (κ3) is 0.0357. The molecule has 0 aromatic rings. The number of hydrogen-bond acceptors (Lipinski definition) is 0. The Balaban J connectivity index is 2.04. The number of hydrogen-bond donors (Lipinski definition) is 0. The monoisotopic (exact) mass is 242 g/mol. The van der Waals surface area contributed by atoms with E-state index in [1.54, 1.807) is 0 Å². The molecule has 10 heterocycles. The van der Waals surface area contributed by atoms with Gasteiger partial charge in [-0.05, 0) is 0 Å². The van der Waals surface area contributed by atoms with Crippen LogP contribution in [0, 0.1) is 0 Å². The van der Waals surface area contributed by atoms with Gasteiger partial charge < -0.3 is 0 Å². The Labute approximate surface area is 80.5 Å². The van der Waals surface area contributed by atoms with Gasteiger partial charge in [0.05, 0.1) is 0 Å². The van der Waals surface area contributed by atoms with Crippen LogP contribution in [0.5, 0.6) is 0 Å². The van der Waals surface area contributed by atoms with Gasteiger partial charge in [0.1, 0.15) is 0 Å². The van der Waals surface area contributed by atoms with Crippen molar-refractivity contribution < 1.29 is 6.51 Å². The molecule has 1 spiro atoms. The van der Waals surface area contributed by atoms with Crippen LogP contribution in [0.15, 0.2) is 0 Å². The molecule has 10 fully saturated rings. The molecule has 0 amide bonds. The number of rotatable bonds is 0. The molecule has 10 rings (SSSR count). The predicted molar refractivity (Wildman–Crippen MR) is 56.0 cm³/mol. The first-order valence-electron chi connectivity index (χ1n) is 6.91. The van der Waals surface area contributed by atoms with E-state index in [0.717, 1.165) is 17.3 Å². The minimum atomic E-state index is -2.96. The third-order valence-corrected chi connectivity index (χ3v) is 66.9. The second-order valence-corrected chi connectivity index (χ2v) is 35.1. The van der Waals surface area contributed by atoms with Crippen LogP contribution in [0.3, 0.4) is 0 Å². The standard InChI is InChI=1S/2C7H9.Fe/c2*1-6-3-4-7(2)5-6;/h2*3-5H,1-2H3;. The quantitative estimate of drug-likeness (QED) is 0.528. The van der Waals surface area contributed by atoms with E-state index in [1.165, 1.54) is 28.9 Å². The van der Waals surface area contributed by atoms with Crippen LogP contribution in [0.25, 0.3) is 0 Å². The summed E-state index contributed by atoms with van der Waals surface area (Å²) >= 11 is 0. The van der Waals surface area contributed by atoms with E-state index in [9.17, 15) is 0 Å². The zero-order valence-electron chi connectivity index (χ0n) is 9.82. The van der Waals surface area contributed by atoms with Gasteiger partial charge in [0.15, 0.2) is 0 Å². The summed E-state index contributed by atoms with van der Waals surface area (Å²) in [5, 5.41) is 0. The van der Waals surface area contributed by atoms with E-state index in [0.29, 0.717) is 0 Å². The summed E-state index contributed by atoms with van der Waals surface area (Å²) in [5.74, 6) is 0. The number of fused-ring (bicyclic) bond motifs is 10. The van der Waals surface area contributed by atoms with Gasteiger partial charge in [0.2, 0.25) is 0 Å². The van der Waals surface area contributed by atoms with Crippen LogP contribution < -0.4 is 0 Å². The first kappa shape index (κ1) is 5.44. The Kier molecular flexibility index (Phi) is 0.126. The van der Waals surface area contributed by atoms with Crippen molar-refractivity contribution in [1.82, 2.24) is 0 Å². The summed E-state index contributed by atoms with van der Waals surface area (Å²) in [4.78, 5) is 8.61. The van der Waals surface area contributed by atoms with E-state index < -0.39 is 6.51 Å². The van der Waals surface area contributed by atoms with Gasteiger partial charge in [0.25, 0.3) is 0 Å². The van der Waals surface area contributed by atoms with Gasteiger partial charge >= 0.3 is 80.4 Å². The SMILES string of the molecule is C[C]12[CH]3[CH]4[C]5(C)[CH]1[Fe]34251678[CH]2[CH]1[C]6(C)[CH]7[C]28C. The molecule has 8 atom stereocenters. The fourth-order valence-electron chi connectivity index (χ4n) is 22.0. The molecule has 82 valence electrons. The Morgan fingerprint density at radius 1 is 0.600 bits per heavy atom. The molecule has 10 aliphatic rings. The van der Waals surface area contributed by atoms with E-state index in [4.69, 9.17) is 0 Å². The van der Waals surface area contributed by atoms with Gasteiger partial charge in [-0.15, -0.1) is 0 Å². The van der Waals surface area contributed by atoms with Crippen LogP contribution in [0.4, 0.5) is 0 Å². The van der Waals surface area contributed by atoms with Crippen molar-refractivity contribution in [3.05, 3.63) is 0 Å². The van der Waals surface area contributed by atoms with Crippen molar-refractivity contribution in [2.45, 2.75) is 73.8 Å². The maximum atomic E-state index is 2.83. The zero-order valence-corrected chi connectivity index (χ0v) is 10.9. The molecule has 0 nitrogen and oxygen atoms in total. The molecule has 0 radical (unpaired) electrons. The summed E-state index contributed by atoms with van der Waals surface area (Å²) in [6.45, 7) is 8.37. The molecule has 0 aromatic heterocycles. The second-order valence-electron chi connectivity index (χ2n) is 11.5. The van der Waals surface area contributed by atoms with E-state index in [-0.39, 0.29) is 0 Å². The Bertz CT molecular complexity index is 901. The first-order valence-corrected chi connectivity index (χ1v) is 12.9. The molecular weight excluding hydrogens is 224 g/mol. The maximum absolute atomic E-state index is 2.96. The molecule has 10 saturated heterocycles. The minimum absolute atomic E-state index is 1.08. The summed E-state index contributed by atoms with van der Waals surface area (Å²) in [6, 6.07) is 0. The summed E-state index contributed by atoms with van der Waals surface area (Å²) in [5.41, 5.74) is 0. The summed E-state index contributed by atoms with van der Waals surface area (Å²) in [7, 11) is 0. The molecule has 0 aromatic carbocycles. The predicted octanol–water partition coefficient (Wildman–Crippen LogP) is 4.94. The van der Waals surface area contributed by atoms with Crippen molar-refractivity contribution in [2.75, 3.05) is 0 Å². The van der Waals surface area contributed by atoms with Crippen LogP contribution in [-0.2, 0) is 6.51 Å². The topological polar surface area (TPSA) is 0 Å². The van der Waals surface area contributed by atoms with Gasteiger partial charge in [-0.25, -0.2) is 0 Å². The molecule has 0 bridgehead atoms. The van der Waals surface area contributed by atoms with Gasteiger partial charge in [-0.1, -0.05) is 0 Å². The summed E-state index contributed by atoms with van der Waals surface area (Å²) < 4.78 is 4.32. The van der Waals surface area contributed by atoms with Crippen molar-refractivity contribution in [3.8, 4) is 0 Å². The van der Waals surface area contributed by atoms with Crippen LogP contribution >= 0.6 is 0 Å². The van der Waals surface area contributed by atoms with Gasteiger partial charge in [0, 0.05) is 0 Å². The average molecular weight is 242 g/mol. The third-order valence-electron chi connectivity index (χ3n) is 17.8. The Hall–Kier alpha value is 0.519. The fourth-order valence-corrected chi connectivity index (χ4v) is 107. The molecule has 1 heteroatoms. The molecule has 10 aliphatic heterocycles. The molecule has 0 saturated carbocycles. The fraction of sp³-hybridized carbons (Fsp3) is 1.00. The summed E-state index contributed by atoms with van der Waals surface area (Å²) in [6.07, 6.45) is 0. The molecule has 0 N–H and O–H groups in total. The van der Waals surface area contributed by atoms with E-state index >= 15 is 0 Å². The second kappa shape index (κ2) is 0.346. The first-order chi connectivity index (χ1) is 6.70.